The predicted octanol–water partition coefficient (Wildman–Crippen LogP) is 3.06. The van der Waals surface area contributed by atoms with Crippen molar-refractivity contribution in [2.75, 3.05) is 19.8 Å². The van der Waals surface area contributed by atoms with E-state index in [1.807, 2.05) is 0 Å². The third-order valence-electron chi connectivity index (χ3n) is 4.16. The molecule has 1 N–H and O–H groups in total. The van der Waals surface area contributed by atoms with E-state index in [-0.39, 0.29) is 6.61 Å². The van der Waals surface area contributed by atoms with Crippen molar-refractivity contribution >= 4 is 12.1 Å². The largest absolute Gasteiger partial charge is 0.559 e. The van der Waals surface area contributed by atoms with E-state index in [1.54, 1.807) is 52.0 Å². The van der Waals surface area contributed by atoms with Crippen LogP contribution in [0.5, 0.6) is 5.75 Å². The highest BCUT2D eigenvalue weighted by atomic mass is 16.8. The van der Waals surface area contributed by atoms with Crippen molar-refractivity contribution in [2.45, 2.75) is 52.2 Å². The lowest BCUT2D eigenvalue weighted by atomic mass is 10.2. The second-order valence-corrected chi connectivity index (χ2v) is 7.31. The zero-order valence-electron chi connectivity index (χ0n) is 15.9. The summed E-state index contributed by atoms with van der Waals surface area (Å²) in [6.45, 7) is 7.65. The zero-order valence-corrected chi connectivity index (χ0v) is 15.9. The lowest BCUT2D eigenvalue weighted by Gasteiger charge is -2.34. The first-order valence-corrected chi connectivity index (χ1v) is 8.91. The van der Waals surface area contributed by atoms with Crippen LogP contribution in [-0.2, 0) is 9.47 Å². The van der Waals surface area contributed by atoms with E-state index in [0.29, 0.717) is 30.9 Å². The lowest BCUT2D eigenvalue weighted by molar-refractivity contribution is -1.03. The molecule has 1 fully saturated rings. The number of hydrogen-bond acceptors (Lipinski definition) is 6. The minimum absolute atomic E-state index is 0.180. The first-order valence-electron chi connectivity index (χ1n) is 8.91. The Labute approximate surface area is 154 Å². The van der Waals surface area contributed by atoms with Crippen molar-refractivity contribution in [3.05, 3.63) is 29.8 Å². The molecule has 1 aromatic rings. The number of benzene rings is 1. The molecule has 0 bridgehead atoms. The summed E-state index contributed by atoms with van der Waals surface area (Å²) in [6.07, 6.45) is 0.880. The van der Waals surface area contributed by atoms with Crippen molar-refractivity contribution in [1.82, 2.24) is 0 Å². The molecule has 1 amide bonds. The van der Waals surface area contributed by atoms with Gasteiger partial charge in [0.2, 0.25) is 0 Å². The molecule has 0 radical (unpaired) electrons. The van der Waals surface area contributed by atoms with Crippen molar-refractivity contribution < 1.29 is 33.7 Å². The lowest BCUT2D eigenvalue weighted by Crippen LogP contribution is -2.60. The highest BCUT2D eigenvalue weighted by Crippen LogP contribution is 2.32. The van der Waals surface area contributed by atoms with E-state index in [0.717, 1.165) is 6.42 Å². The van der Waals surface area contributed by atoms with Gasteiger partial charge >= 0.3 is 12.1 Å². The number of hydrogen-bond donors (Lipinski definition) is 1. The minimum Gasteiger partial charge on any atom is -0.462 e. The van der Waals surface area contributed by atoms with E-state index in [1.165, 1.54) is 0 Å². The number of carbonyl (C=O) groups excluding carboxylic acids is 2. The predicted molar refractivity (Wildman–Crippen MR) is 94.5 cm³/mol. The molecule has 1 saturated heterocycles. The van der Waals surface area contributed by atoms with Crippen LogP contribution < -0.4 is 4.84 Å². The average Bonchev–Trinajstić information content (AvgIpc) is 2.98. The minimum atomic E-state index is -0.665. The van der Waals surface area contributed by atoms with Gasteiger partial charge in [0, 0.05) is 12.8 Å². The molecular weight excluding hydrogens is 338 g/mol. The van der Waals surface area contributed by atoms with Crippen LogP contribution in [0.15, 0.2) is 24.3 Å². The first kappa shape index (κ1) is 20.2. The van der Waals surface area contributed by atoms with Gasteiger partial charge in [-0.05, 0) is 56.6 Å². The van der Waals surface area contributed by atoms with Crippen molar-refractivity contribution in [3.63, 3.8) is 0 Å². The van der Waals surface area contributed by atoms with Gasteiger partial charge in [-0.25, -0.2) is 4.79 Å². The number of aliphatic hydroxyl groups is 1. The first-order chi connectivity index (χ1) is 12.2. The topological polar surface area (TPSA) is 82.1 Å². The molecule has 2 unspecified atom stereocenters. The van der Waals surface area contributed by atoms with E-state index in [4.69, 9.17) is 14.3 Å². The average molecular weight is 366 g/mol. The maximum Gasteiger partial charge on any atom is 0.559 e. The van der Waals surface area contributed by atoms with Crippen LogP contribution in [0.1, 0.15) is 50.9 Å². The van der Waals surface area contributed by atoms with E-state index < -0.39 is 28.4 Å². The molecule has 1 heterocycles. The van der Waals surface area contributed by atoms with Crippen LogP contribution in [0, 0.1) is 0 Å². The molecule has 0 spiro atoms. The Morgan fingerprint density at radius 2 is 1.88 bits per heavy atom. The second-order valence-electron chi connectivity index (χ2n) is 7.31. The van der Waals surface area contributed by atoms with E-state index >= 15 is 0 Å². The van der Waals surface area contributed by atoms with Gasteiger partial charge in [-0.3, -0.25) is 0 Å². The Morgan fingerprint density at radius 3 is 2.42 bits per heavy atom. The molecule has 7 heteroatoms. The second kappa shape index (κ2) is 8.05. The third-order valence-corrected chi connectivity index (χ3v) is 4.16. The fourth-order valence-electron chi connectivity index (χ4n) is 2.97. The van der Waals surface area contributed by atoms with E-state index in [9.17, 15) is 14.7 Å². The number of ether oxygens (including phenoxy) is 2. The summed E-state index contributed by atoms with van der Waals surface area (Å²) < 4.78 is 10.1. The highest BCUT2D eigenvalue weighted by molar-refractivity contribution is 5.89. The normalized spacial score (nSPS) is 22.7. The van der Waals surface area contributed by atoms with Gasteiger partial charge in [-0.15, -0.1) is 0 Å². The number of carbonyl (C=O) groups is 2. The monoisotopic (exact) mass is 366 g/mol. The maximum atomic E-state index is 12.9. The number of quaternary nitrogens is 1. The molecule has 7 nitrogen and oxygen atoms in total. The number of hydroxylamine groups is 3. The SMILES string of the molecule is CCOC(=O)c1ccc(O[N+]2(C(=O)OC(C)(C)C)CCCC2CO)cc1. The van der Waals surface area contributed by atoms with Crippen molar-refractivity contribution in [3.8, 4) is 5.75 Å². The maximum absolute atomic E-state index is 12.9. The van der Waals surface area contributed by atoms with Crippen LogP contribution in [0.4, 0.5) is 4.79 Å². The smallest absolute Gasteiger partial charge is 0.462 e. The van der Waals surface area contributed by atoms with Gasteiger partial charge in [-0.2, -0.15) is 4.79 Å². The van der Waals surface area contributed by atoms with Gasteiger partial charge < -0.3 is 19.4 Å². The Bertz CT molecular complexity index is 636. The van der Waals surface area contributed by atoms with Crippen LogP contribution in [0.25, 0.3) is 0 Å². The summed E-state index contributed by atoms with van der Waals surface area (Å²) in [5, 5.41) is 9.74. The van der Waals surface area contributed by atoms with E-state index in [2.05, 4.69) is 0 Å². The molecule has 144 valence electrons. The highest BCUT2D eigenvalue weighted by Gasteiger charge is 2.54. The number of amides is 1. The number of nitrogens with zero attached hydrogens (tertiary/aromatic N) is 1. The Morgan fingerprint density at radius 1 is 1.23 bits per heavy atom. The van der Waals surface area contributed by atoms with Gasteiger partial charge in [0.25, 0.3) is 0 Å². The van der Waals surface area contributed by atoms with Crippen LogP contribution in [0.2, 0.25) is 0 Å². The summed E-state index contributed by atoms with van der Waals surface area (Å²) in [7, 11) is 0. The van der Waals surface area contributed by atoms with Gasteiger partial charge in [0.05, 0.1) is 18.8 Å². The Hall–Kier alpha value is -2.12. The zero-order chi connectivity index (χ0) is 19.4. The number of rotatable bonds is 5. The number of esters is 1. The van der Waals surface area contributed by atoms with Crippen molar-refractivity contribution in [2.24, 2.45) is 0 Å². The quantitative estimate of drug-likeness (QED) is 0.637. The molecule has 2 atom stereocenters. The summed E-state index contributed by atoms with van der Waals surface area (Å²) in [6, 6.07) is 6.01. The Balaban J connectivity index is 2.25. The molecule has 1 aromatic carbocycles. The van der Waals surface area contributed by atoms with Gasteiger partial charge in [-0.1, -0.05) is 0 Å². The third kappa shape index (κ3) is 4.53. The van der Waals surface area contributed by atoms with Gasteiger partial charge in [0.15, 0.2) is 11.8 Å². The molecule has 0 aromatic heterocycles. The fourth-order valence-corrected chi connectivity index (χ4v) is 2.97. The van der Waals surface area contributed by atoms with Crippen LogP contribution in [-0.4, -0.2) is 53.2 Å². The standard InChI is InChI=1S/C19H28NO6/c1-5-24-17(22)14-8-10-16(11-9-14)26-20(12-6-7-15(20)13-21)18(23)25-19(2,3)4/h8-11,15,21H,5-7,12-13H2,1-4H3/q+1. The molecule has 0 saturated carbocycles. The molecule has 2 rings (SSSR count). The van der Waals surface area contributed by atoms with Crippen LogP contribution in [0.3, 0.4) is 0 Å². The molecule has 26 heavy (non-hydrogen) atoms. The number of likely N-dealkylation sites (tertiary alicyclic amines) is 1. The fraction of sp³-hybridized carbons (Fsp3) is 0.579. The molecular formula is C19H28NO6+. The van der Waals surface area contributed by atoms with Crippen LogP contribution >= 0.6 is 0 Å². The summed E-state index contributed by atoms with van der Waals surface area (Å²) in [5.74, 6) is 0.00811. The molecule has 1 aliphatic rings. The molecule has 1 aliphatic heterocycles. The number of aliphatic hydroxyl groups excluding tert-OH is 1. The summed E-state index contributed by atoms with van der Waals surface area (Å²) >= 11 is 0. The van der Waals surface area contributed by atoms with Gasteiger partial charge in [0.1, 0.15) is 12.1 Å². The van der Waals surface area contributed by atoms with Crippen molar-refractivity contribution in [1.29, 1.82) is 0 Å². The summed E-state index contributed by atoms with van der Waals surface area (Å²) in [5.41, 5.74) is -0.259. The Kier molecular flexibility index (Phi) is 6.26. The summed E-state index contributed by atoms with van der Waals surface area (Å²) in [4.78, 5) is 30.6. The molecule has 0 aliphatic carbocycles.